The average molecular weight is 196 g/mol. The predicted octanol–water partition coefficient (Wildman–Crippen LogP) is 1.12. The van der Waals surface area contributed by atoms with E-state index in [0.717, 1.165) is 0 Å². The van der Waals surface area contributed by atoms with Crippen LogP contribution in [0.4, 0.5) is 0 Å². The summed E-state index contributed by atoms with van der Waals surface area (Å²) in [7, 11) is 2.83. The molecule has 1 aromatic carbocycles. The maximum absolute atomic E-state index is 11.0. The first-order valence-electron chi connectivity index (χ1n) is 4.10. The third-order valence-corrected chi connectivity index (χ3v) is 1.85. The van der Waals surface area contributed by atoms with Crippen molar-refractivity contribution in [2.45, 2.75) is 6.42 Å². The fraction of sp³-hybridized carbons (Fsp3) is 0.300. The molecule has 1 aromatic rings. The molecule has 0 spiro atoms. The van der Waals surface area contributed by atoms with Gasteiger partial charge in [-0.05, 0) is 18.2 Å². The lowest BCUT2D eigenvalue weighted by Gasteiger charge is -2.05. The zero-order valence-corrected chi connectivity index (χ0v) is 8.11. The summed E-state index contributed by atoms with van der Waals surface area (Å²) in [6.45, 7) is 0. The summed E-state index contributed by atoms with van der Waals surface area (Å²) in [6, 6.07) is 4.71. The van der Waals surface area contributed by atoms with Crippen molar-refractivity contribution < 1.29 is 19.4 Å². The molecule has 0 fully saturated rings. The van der Waals surface area contributed by atoms with Crippen LogP contribution in [0, 0.1) is 0 Å². The van der Waals surface area contributed by atoms with Gasteiger partial charge in [0.2, 0.25) is 0 Å². The Morgan fingerprint density at radius 1 is 1.43 bits per heavy atom. The van der Waals surface area contributed by atoms with Crippen molar-refractivity contribution in [2.24, 2.45) is 0 Å². The van der Waals surface area contributed by atoms with E-state index in [-0.39, 0.29) is 12.2 Å². The van der Waals surface area contributed by atoms with Gasteiger partial charge in [-0.2, -0.15) is 0 Å². The fourth-order valence-electron chi connectivity index (χ4n) is 1.06. The molecule has 0 aliphatic rings. The van der Waals surface area contributed by atoms with Crippen LogP contribution in [-0.4, -0.2) is 25.3 Å². The number of benzene rings is 1. The molecular formula is C10H12O4. The largest absolute Gasteiger partial charge is 0.508 e. The van der Waals surface area contributed by atoms with E-state index in [2.05, 4.69) is 4.74 Å². The first kappa shape index (κ1) is 10.4. The first-order chi connectivity index (χ1) is 6.67. The average Bonchev–Trinajstić information content (AvgIpc) is 2.21. The van der Waals surface area contributed by atoms with Crippen LogP contribution in [0.1, 0.15) is 5.56 Å². The van der Waals surface area contributed by atoms with Crippen LogP contribution in [0.3, 0.4) is 0 Å². The number of hydrogen-bond donors (Lipinski definition) is 1. The molecule has 0 aromatic heterocycles. The number of methoxy groups -OCH3 is 2. The molecule has 0 radical (unpaired) electrons. The van der Waals surface area contributed by atoms with Crippen molar-refractivity contribution in [1.82, 2.24) is 0 Å². The van der Waals surface area contributed by atoms with Gasteiger partial charge in [0.1, 0.15) is 11.5 Å². The Bertz CT molecular complexity index is 333. The van der Waals surface area contributed by atoms with Crippen molar-refractivity contribution >= 4 is 5.97 Å². The lowest BCUT2D eigenvalue weighted by atomic mass is 10.1. The van der Waals surface area contributed by atoms with Crippen LogP contribution < -0.4 is 4.74 Å². The smallest absolute Gasteiger partial charge is 0.310 e. The molecule has 0 bridgehead atoms. The van der Waals surface area contributed by atoms with Gasteiger partial charge in [0, 0.05) is 5.56 Å². The van der Waals surface area contributed by atoms with Gasteiger partial charge in [0.25, 0.3) is 0 Å². The highest BCUT2D eigenvalue weighted by Crippen LogP contribution is 2.23. The number of esters is 1. The van der Waals surface area contributed by atoms with E-state index in [1.54, 1.807) is 12.1 Å². The summed E-state index contributed by atoms with van der Waals surface area (Å²) < 4.78 is 9.45. The summed E-state index contributed by atoms with van der Waals surface area (Å²) in [5, 5.41) is 9.41. The molecule has 4 heteroatoms. The predicted molar refractivity (Wildman–Crippen MR) is 50.4 cm³/mol. The fourth-order valence-corrected chi connectivity index (χ4v) is 1.06. The molecule has 0 unspecified atom stereocenters. The monoisotopic (exact) mass is 196 g/mol. The highest BCUT2D eigenvalue weighted by molar-refractivity contribution is 5.73. The lowest BCUT2D eigenvalue weighted by molar-refractivity contribution is -0.139. The van der Waals surface area contributed by atoms with Crippen LogP contribution in [0.25, 0.3) is 0 Å². The Morgan fingerprint density at radius 3 is 2.71 bits per heavy atom. The van der Waals surface area contributed by atoms with Gasteiger partial charge in [-0.3, -0.25) is 4.79 Å². The molecule has 1 N–H and O–H groups in total. The van der Waals surface area contributed by atoms with Crippen molar-refractivity contribution in [1.29, 1.82) is 0 Å². The SMILES string of the molecule is COC(=O)Cc1cc(OC)ccc1O. The number of carbonyl (C=O) groups is 1. The van der Waals surface area contributed by atoms with E-state index >= 15 is 0 Å². The van der Waals surface area contributed by atoms with E-state index in [4.69, 9.17) is 4.74 Å². The van der Waals surface area contributed by atoms with Crippen molar-refractivity contribution in [2.75, 3.05) is 14.2 Å². The Balaban J connectivity index is 2.89. The van der Waals surface area contributed by atoms with Crippen LogP contribution in [0.15, 0.2) is 18.2 Å². The number of phenols is 1. The van der Waals surface area contributed by atoms with Crippen LogP contribution in [0.5, 0.6) is 11.5 Å². The third-order valence-electron chi connectivity index (χ3n) is 1.85. The van der Waals surface area contributed by atoms with Gasteiger partial charge < -0.3 is 14.6 Å². The van der Waals surface area contributed by atoms with Crippen LogP contribution in [0.2, 0.25) is 0 Å². The first-order valence-corrected chi connectivity index (χ1v) is 4.10. The quantitative estimate of drug-likeness (QED) is 0.736. The molecule has 0 aliphatic carbocycles. The minimum Gasteiger partial charge on any atom is -0.508 e. The molecule has 0 atom stereocenters. The molecule has 4 nitrogen and oxygen atoms in total. The second-order valence-corrected chi connectivity index (χ2v) is 2.75. The molecule has 1 rings (SSSR count). The Kier molecular flexibility index (Phi) is 3.34. The van der Waals surface area contributed by atoms with Crippen LogP contribution >= 0.6 is 0 Å². The van der Waals surface area contributed by atoms with Crippen molar-refractivity contribution in [3.8, 4) is 11.5 Å². The topological polar surface area (TPSA) is 55.8 Å². The van der Waals surface area contributed by atoms with Gasteiger partial charge in [-0.25, -0.2) is 0 Å². The van der Waals surface area contributed by atoms with Crippen molar-refractivity contribution in [3.63, 3.8) is 0 Å². The summed E-state index contributed by atoms with van der Waals surface area (Å²) in [5.74, 6) is 0.270. The van der Waals surface area contributed by atoms with Crippen molar-refractivity contribution in [3.05, 3.63) is 23.8 Å². The van der Waals surface area contributed by atoms with Gasteiger partial charge in [-0.15, -0.1) is 0 Å². The number of carbonyl (C=O) groups excluding carboxylic acids is 1. The summed E-state index contributed by atoms with van der Waals surface area (Å²) in [5.41, 5.74) is 0.496. The molecule has 76 valence electrons. The molecule has 0 saturated carbocycles. The lowest BCUT2D eigenvalue weighted by Crippen LogP contribution is -2.04. The van der Waals surface area contributed by atoms with Crippen LogP contribution in [-0.2, 0) is 16.0 Å². The zero-order chi connectivity index (χ0) is 10.6. The normalized spacial score (nSPS) is 9.57. The second kappa shape index (κ2) is 4.50. The minimum absolute atomic E-state index is 0.0412. The van der Waals surface area contributed by atoms with Gasteiger partial charge in [0.15, 0.2) is 0 Å². The zero-order valence-electron chi connectivity index (χ0n) is 8.11. The molecular weight excluding hydrogens is 184 g/mol. The Labute approximate surface area is 82.1 Å². The number of phenolic OH excluding ortho intramolecular Hbond substituents is 1. The summed E-state index contributed by atoms with van der Waals surface area (Å²) in [4.78, 5) is 11.0. The second-order valence-electron chi connectivity index (χ2n) is 2.75. The number of aromatic hydroxyl groups is 1. The van der Waals surface area contributed by atoms with E-state index in [0.29, 0.717) is 11.3 Å². The molecule has 14 heavy (non-hydrogen) atoms. The third kappa shape index (κ3) is 2.39. The van der Waals surface area contributed by atoms with E-state index in [1.807, 2.05) is 0 Å². The highest BCUT2D eigenvalue weighted by Gasteiger charge is 2.08. The molecule has 0 saturated heterocycles. The number of hydrogen-bond acceptors (Lipinski definition) is 4. The molecule has 0 aliphatic heterocycles. The van der Waals surface area contributed by atoms with E-state index in [1.165, 1.54) is 20.3 Å². The standard InChI is InChI=1S/C10H12O4/c1-13-8-3-4-9(11)7(5-8)6-10(12)14-2/h3-5,11H,6H2,1-2H3. The summed E-state index contributed by atoms with van der Waals surface area (Å²) >= 11 is 0. The van der Waals surface area contributed by atoms with Gasteiger partial charge in [0.05, 0.1) is 20.6 Å². The summed E-state index contributed by atoms with van der Waals surface area (Å²) in [6.07, 6.45) is 0.0412. The Morgan fingerprint density at radius 2 is 2.14 bits per heavy atom. The maximum Gasteiger partial charge on any atom is 0.310 e. The Hall–Kier alpha value is -1.71. The van der Waals surface area contributed by atoms with Gasteiger partial charge >= 0.3 is 5.97 Å². The molecule has 0 heterocycles. The number of rotatable bonds is 3. The highest BCUT2D eigenvalue weighted by atomic mass is 16.5. The maximum atomic E-state index is 11.0. The number of ether oxygens (including phenoxy) is 2. The molecule has 0 amide bonds. The van der Waals surface area contributed by atoms with E-state index < -0.39 is 5.97 Å². The van der Waals surface area contributed by atoms with Gasteiger partial charge in [-0.1, -0.05) is 0 Å². The minimum atomic E-state index is -0.395. The van der Waals surface area contributed by atoms with E-state index in [9.17, 15) is 9.90 Å².